The Morgan fingerprint density at radius 2 is 2.00 bits per heavy atom. The van der Waals surface area contributed by atoms with Gasteiger partial charge < -0.3 is 9.22 Å². The molecule has 3 heteroatoms. The van der Waals surface area contributed by atoms with Crippen LogP contribution in [0.2, 0.25) is 0 Å². The van der Waals surface area contributed by atoms with Gasteiger partial charge in [0.05, 0.1) is 19.6 Å². The minimum atomic E-state index is -0.250. The number of benzene rings is 1. The molecule has 1 saturated heterocycles. The average Bonchev–Trinajstić information content (AvgIpc) is 2.81. The van der Waals surface area contributed by atoms with Gasteiger partial charge in [-0.2, -0.15) is 0 Å². The highest BCUT2D eigenvalue weighted by atomic mass is 19.1. The van der Waals surface area contributed by atoms with E-state index in [-0.39, 0.29) is 5.82 Å². The molecular formula is C15H23FNO+. The summed E-state index contributed by atoms with van der Waals surface area (Å²) in [6, 6.07) is 5.14. The van der Waals surface area contributed by atoms with Gasteiger partial charge in [0.2, 0.25) is 0 Å². The zero-order valence-electron chi connectivity index (χ0n) is 11.4. The number of hydrogen-bond acceptors (Lipinski definition) is 1. The summed E-state index contributed by atoms with van der Waals surface area (Å²) in [6.07, 6.45) is 2.62. The fraction of sp³-hybridized carbons (Fsp3) is 0.600. The Labute approximate surface area is 109 Å². The molecule has 0 radical (unpaired) electrons. The maximum atomic E-state index is 13.6. The molecule has 0 unspecified atom stereocenters. The number of quaternary nitrogens is 1. The van der Waals surface area contributed by atoms with Crippen molar-refractivity contribution in [1.29, 1.82) is 0 Å². The van der Waals surface area contributed by atoms with Crippen molar-refractivity contribution in [1.82, 2.24) is 0 Å². The average molecular weight is 252 g/mol. The van der Waals surface area contributed by atoms with Gasteiger partial charge in [0.25, 0.3) is 0 Å². The van der Waals surface area contributed by atoms with Gasteiger partial charge in [-0.05, 0) is 31.5 Å². The van der Waals surface area contributed by atoms with Crippen LogP contribution in [0.1, 0.15) is 25.3 Å². The molecule has 0 amide bonds. The van der Waals surface area contributed by atoms with Crippen molar-refractivity contribution in [2.45, 2.75) is 26.7 Å². The molecule has 1 aliphatic heterocycles. The Hall–Kier alpha value is -1.09. The maximum absolute atomic E-state index is 13.6. The van der Waals surface area contributed by atoms with Crippen molar-refractivity contribution < 1.29 is 13.6 Å². The molecule has 1 aliphatic rings. The van der Waals surface area contributed by atoms with E-state index in [2.05, 4.69) is 6.92 Å². The summed E-state index contributed by atoms with van der Waals surface area (Å²) in [5, 5.41) is 0. The van der Waals surface area contributed by atoms with Gasteiger partial charge in [-0.3, -0.25) is 0 Å². The zero-order chi connectivity index (χ0) is 13.0. The van der Waals surface area contributed by atoms with Gasteiger partial charge in [0, 0.05) is 12.8 Å². The lowest BCUT2D eigenvalue weighted by Gasteiger charge is -2.32. The summed E-state index contributed by atoms with van der Waals surface area (Å²) >= 11 is 0. The van der Waals surface area contributed by atoms with Crippen molar-refractivity contribution in [2.75, 3.05) is 32.8 Å². The van der Waals surface area contributed by atoms with Crippen molar-refractivity contribution >= 4 is 0 Å². The van der Waals surface area contributed by atoms with Crippen LogP contribution < -0.4 is 4.74 Å². The smallest absolute Gasteiger partial charge is 0.165 e. The molecule has 1 fully saturated rings. The Morgan fingerprint density at radius 1 is 1.28 bits per heavy atom. The Morgan fingerprint density at radius 3 is 2.61 bits per heavy atom. The predicted molar refractivity (Wildman–Crippen MR) is 71.3 cm³/mol. The van der Waals surface area contributed by atoms with E-state index in [1.54, 1.807) is 6.07 Å². The van der Waals surface area contributed by atoms with E-state index in [0.717, 1.165) is 23.1 Å². The van der Waals surface area contributed by atoms with Crippen LogP contribution in [0.15, 0.2) is 18.2 Å². The number of halogens is 1. The lowest BCUT2D eigenvalue weighted by atomic mass is 10.2. The summed E-state index contributed by atoms with van der Waals surface area (Å²) < 4.78 is 20.3. The molecule has 0 atom stereocenters. The Kier molecular flexibility index (Phi) is 4.23. The van der Waals surface area contributed by atoms with Gasteiger partial charge in [-0.25, -0.2) is 4.39 Å². The molecule has 1 heterocycles. The fourth-order valence-corrected chi connectivity index (χ4v) is 2.78. The molecule has 2 rings (SSSR count). The molecule has 0 N–H and O–H groups in total. The lowest BCUT2D eigenvalue weighted by molar-refractivity contribution is -0.915. The SMILES string of the molecule is CC[N+]1(CCOc2ccc(C)cc2F)CCCC1. The third kappa shape index (κ3) is 3.02. The second-order valence-electron chi connectivity index (χ2n) is 5.32. The quantitative estimate of drug-likeness (QED) is 0.732. The van der Waals surface area contributed by atoms with Crippen molar-refractivity contribution in [3.05, 3.63) is 29.6 Å². The van der Waals surface area contributed by atoms with Crippen molar-refractivity contribution in [2.24, 2.45) is 0 Å². The minimum Gasteiger partial charge on any atom is -0.485 e. The van der Waals surface area contributed by atoms with Gasteiger partial charge in [-0.1, -0.05) is 6.07 Å². The first-order valence-electron chi connectivity index (χ1n) is 6.89. The molecular weight excluding hydrogens is 229 g/mol. The monoisotopic (exact) mass is 252 g/mol. The number of likely N-dealkylation sites (N-methyl/N-ethyl adjacent to an activating group) is 1. The zero-order valence-corrected chi connectivity index (χ0v) is 11.4. The number of rotatable bonds is 5. The van der Waals surface area contributed by atoms with Crippen LogP contribution in [0.4, 0.5) is 4.39 Å². The molecule has 18 heavy (non-hydrogen) atoms. The third-order valence-electron chi connectivity index (χ3n) is 4.10. The maximum Gasteiger partial charge on any atom is 0.165 e. The first-order chi connectivity index (χ1) is 8.65. The number of nitrogens with zero attached hydrogens (tertiary/aromatic N) is 1. The molecule has 0 aliphatic carbocycles. The van der Waals surface area contributed by atoms with E-state index < -0.39 is 0 Å². The minimum absolute atomic E-state index is 0.250. The molecule has 100 valence electrons. The standard InChI is InChI=1S/C15H23FNO/c1-3-17(8-4-5-9-17)10-11-18-15-7-6-13(2)12-14(15)16/h6-7,12H,3-5,8-11H2,1-2H3/q+1. The first-order valence-corrected chi connectivity index (χ1v) is 6.89. The predicted octanol–water partition coefficient (Wildman–Crippen LogP) is 3.14. The van der Waals surface area contributed by atoms with E-state index in [1.165, 1.54) is 32.0 Å². The van der Waals surface area contributed by atoms with Crippen molar-refractivity contribution in [3.63, 3.8) is 0 Å². The number of ether oxygens (including phenoxy) is 1. The van der Waals surface area contributed by atoms with Crippen LogP contribution >= 0.6 is 0 Å². The van der Waals surface area contributed by atoms with Crippen LogP contribution in [0.5, 0.6) is 5.75 Å². The van der Waals surface area contributed by atoms with E-state index in [4.69, 9.17) is 4.74 Å². The first kappa shape index (κ1) is 13.3. The van der Waals surface area contributed by atoms with Crippen LogP contribution in [-0.2, 0) is 0 Å². The van der Waals surface area contributed by atoms with Crippen molar-refractivity contribution in [3.8, 4) is 5.75 Å². The summed E-state index contributed by atoms with van der Waals surface area (Å²) in [6.45, 7) is 9.36. The molecule has 2 nitrogen and oxygen atoms in total. The van der Waals surface area contributed by atoms with Crippen LogP contribution in [0, 0.1) is 12.7 Å². The number of likely N-dealkylation sites (tertiary alicyclic amines) is 1. The van der Waals surface area contributed by atoms with Gasteiger partial charge >= 0.3 is 0 Å². The largest absolute Gasteiger partial charge is 0.485 e. The normalized spacial score (nSPS) is 17.9. The fourth-order valence-electron chi connectivity index (χ4n) is 2.78. The topological polar surface area (TPSA) is 9.23 Å². The number of aryl methyl sites for hydroxylation is 1. The van der Waals surface area contributed by atoms with Gasteiger partial charge in [-0.15, -0.1) is 0 Å². The Bertz CT molecular complexity index is 399. The summed E-state index contributed by atoms with van der Waals surface area (Å²) in [5.74, 6) is 0.133. The van der Waals surface area contributed by atoms with E-state index in [1.807, 2.05) is 13.0 Å². The van der Waals surface area contributed by atoms with E-state index in [0.29, 0.717) is 12.4 Å². The van der Waals surface area contributed by atoms with Gasteiger partial charge in [0.15, 0.2) is 11.6 Å². The lowest BCUT2D eigenvalue weighted by Crippen LogP contribution is -2.47. The summed E-state index contributed by atoms with van der Waals surface area (Å²) in [5.41, 5.74) is 0.927. The molecule has 0 saturated carbocycles. The van der Waals surface area contributed by atoms with E-state index in [9.17, 15) is 4.39 Å². The van der Waals surface area contributed by atoms with Crippen LogP contribution in [0.25, 0.3) is 0 Å². The second kappa shape index (κ2) is 5.70. The van der Waals surface area contributed by atoms with E-state index >= 15 is 0 Å². The van der Waals surface area contributed by atoms with Gasteiger partial charge in [0.1, 0.15) is 13.2 Å². The highest BCUT2D eigenvalue weighted by Crippen LogP contribution is 2.21. The summed E-state index contributed by atoms with van der Waals surface area (Å²) in [7, 11) is 0. The molecule has 0 spiro atoms. The Balaban J connectivity index is 1.88. The summed E-state index contributed by atoms with van der Waals surface area (Å²) in [4.78, 5) is 0. The molecule has 0 aromatic heterocycles. The third-order valence-corrected chi connectivity index (χ3v) is 4.10. The highest BCUT2D eigenvalue weighted by molar-refractivity contribution is 5.28. The second-order valence-corrected chi connectivity index (χ2v) is 5.32. The molecule has 1 aromatic rings. The molecule has 1 aromatic carbocycles. The number of hydrogen-bond donors (Lipinski definition) is 0. The highest BCUT2D eigenvalue weighted by Gasteiger charge is 2.29. The van der Waals surface area contributed by atoms with Crippen LogP contribution in [-0.4, -0.2) is 37.3 Å². The molecule has 0 bridgehead atoms. The van der Waals surface area contributed by atoms with Crippen LogP contribution in [0.3, 0.4) is 0 Å².